The number of H-pyrrole nitrogens is 1. The molecule has 28 heavy (non-hydrogen) atoms. The molecule has 0 aliphatic rings. The predicted molar refractivity (Wildman–Crippen MR) is 111 cm³/mol. The minimum atomic E-state index is -0.131. The number of hydrogen-bond acceptors (Lipinski definition) is 5. The van der Waals surface area contributed by atoms with Crippen LogP contribution >= 0.6 is 11.3 Å². The lowest BCUT2D eigenvalue weighted by atomic mass is 10.2. The molecule has 0 bridgehead atoms. The largest absolute Gasteiger partial charge is 0.337 e. The summed E-state index contributed by atoms with van der Waals surface area (Å²) >= 11 is 1.34. The van der Waals surface area contributed by atoms with Gasteiger partial charge in [0.15, 0.2) is 5.13 Å². The van der Waals surface area contributed by atoms with E-state index in [-0.39, 0.29) is 5.91 Å². The first-order valence-electron chi connectivity index (χ1n) is 8.54. The molecule has 7 heteroatoms. The number of benzene rings is 2. The second kappa shape index (κ2) is 7.47. The summed E-state index contributed by atoms with van der Waals surface area (Å²) in [7, 11) is 0. The number of allylic oxidation sites excluding steroid dienone is 1. The number of rotatable bonds is 4. The van der Waals surface area contributed by atoms with Crippen LogP contribution in [0.5, 0.6) is 0 Å². The van der Waals surface area contributed by atoms with Crippen LogP contribution in [-0.4, -0.2) is 20.9 Å². The van der Waals surface area contributed by atoms with E-state index in [9.17, 15) is 10.1 Å². The summed E-state index contributed by atoms with van der Waals surface area (Å²) in [5.74, 6) is 0.360. The number of para-hydroxylation sites is 3. The number of fused-ring (bicyclic) bond motifs is 1. The molecule has 4 aromatic rings. The lowest BCUT2D eigenvalue weighted by molar-refractivity contribution is -0.115. The Balaban J connectivity index is 1.69. The van der Waals surface area contributed by atoms with Crippen molar-refractivity contribution in [1.82, 2.24) is 15.0 Å². The number of amides is 1. The molecular formula is C21H15N5OS. The number of anilines is 2. The van der Waals surface area contributed by atoms with Gasteiger partial charge in [0.05, 0.1) is 28.0 Å². The molecule has 0 spiro atoms. The second-order valence-corrected chi connectivity index (χ2v) is 6.85. The monoisotopic (exact) mass is 385 g/mol. The third-order valence-corrected chi connectivity index (χ3v) is 4.93. The summed E-state index contributed by atoms with van der Waals surface area (Å²) in [6, 6.07) is 19.1. The van der Waals surface area contributed by atoms with E-state index in [1.54, 1.807) is 11.0 Å². The summed E-state index contributed by atoms with van der Waals surface area (Å²) in [6.45, 7) is 1.50. The maximum Gasteiger partial charge on any atom is 0.230 e. The Morgan fingerprint density at radius 1 is 1.14 bits per heavy atom. The van der Waals surface area contributed by atoms with Crippen LogP contribution < -0.4 is 4.90 Å². The van der Waals surface area contributed by atoms with Gasteiger partial charge >= 0.3 is 0 Å². The number of nitrogens with zero attached hydrogens (tertiary/aromatic N) is 4. The molecular weight excluding hydrogens is 370 g/mol. The van der Waals surface area contributed by atoms with E-state index in [1.807, 2.05) is 60.0 Å². The van der Waals surface area contributed by atoms with Crippen LogP contribution in [0.2, 0.25) is 0 Å². The Labute approximate surface area is 165 Å². The van der Waals surface area contributed by atoms with Crippen LogP contribution in [0.3, 0.4) is 0 Å². The van der Waals surface area contributed by atoms with Gasteiger partial charge in [-0.2, -0.15) is 5.26 Å². The molecule has 0 saturated heterocycles. The standard InChI is InChI=1S/C21H15N5OS/c1-14(27)26(17-7-3-2-4-8-17)21-23-16(13-28-21)11-15(12-22)20-24-18-9-5-6-10-19(18)25-20/h2-11,13H,1H3,(H,24,25). The van der Waals surface area contributed by atoms with Gasteiger partial charge in [0, 0.05) is 12.3 Å². The zero-order valence-electron chi connectivity index (χ0n) is 15.0. The van der Waals surface area contributed by atoms with Gasteiger partial charge in [-0.25, -0.2) is 9.97 Å². The van der Waals surface area contributed by atoms with Gasteiger partial charge < -0.3 is 4.98 Å². The number of imidazole rings is 1. The van der Waals surface area contributed by atoms with Crippen LogP contribution in [0.1, 0.15) is 18.4 Å². The lowest BCUT2D eigenvalue weighted by Crippen LogP contribution is -2.22. The molecule has 2 aromatic heterocycles. The molecule has 1 amide bonds. The molecule has 0 unspecified atom stereocenters. The molecule has 4 rings (SSSR count). The van der Waals surface area contributed by atoms with Gasteiger partial charge in [-0.15, -0.1) is 11.3 Å². The van der Waals surface area contributed by atoms with E-state index in [1.165, 1.54) is 18.3 Å². The average molecular weight is 385 g/mol. The Hall–Kier alpha value is -3.76. The van der Waals surface area contributed by atoms with E-state index >= 15 is 0 Å². The van der Waals surface area contributed by atoms with Crippen molar-refractivity contribution in [3.05, 3.63) is 71.5 Å². The molecule has 136 valence electrons. The minimum Gasteiger partial charge on any atom is -0.337 e. The second-order valence-electron chi connectivity index (χ2n) is 6.02. The van der Waals surface area contributed by atoms with Crippen molar-refractivity contribution in [2.75, 3.05) is 4.90 Å². The topological polar surface area (TPSA) is 85.7 Å². The van der Waals surface area contributed by atoms with Crippen LogP contribution in [0.4, 0.5) is 10.8 Å². The number of carbonyl (C=O) groups excluding carboxylic acids is 1. The van der Waals surface area contributed by atoms with Gasteiger partial charge in [0.25, 0.3) is 0 Å². The van der Waals surface area contributed by atoms with E-state index in [4.69, 9.17) is 0 Å². The van der Waals surface area contributed by atoms with Crippen molar-refractivity contribution in [1.29, 1.82) is 5.26 Å². The lowest BCUT2D eigenvalue weighted by Gasteiger charge is -2.17. The van der Waals surface area contributed by atoms with Crippen molar-refractivity contribution in [2.45, 2.75) is 6.92 Å². The highest BCUT2D eigenvalue weighted by Gasteiger charge is 2.17. The third kappa shape index (κ3) is 3.41. The molecule has 0 fully saturated rings. The van der Waals surface area contributed by atoms with Gasteiger partial charge in [-0.1, -0.05) is 30.3 Å². The number of aromatic nitrogens is 3. The maximum atomic E-state index is 12.2. The highest BCUT2D eigenvalue weighted by molar-refractivity contribution is 7.14. The number of nitrogens with one attached hydrogen (secondary N) is 1. The van der Waals surface area contributed by atoms with Crippen LogP contribution in [0, 0.1) is 11.3 Å². The molecule has 6 nitrogen and oxygen atoms in total. The Morgan fingerprint density at radius 2 is 1.89 bits per heavy atom. The molecule has 0 aliphatic carbocycles. The SMILES string of the molecule is CC(=O)N(c1ccccc1)c1nc(C=C(C#N)c2nc3ccccc3[nH]2)cs1. The Kier molecular flexibility index (Phi) is 4.70. The smallest absolute Gasteiger partial charge is 0.230 e. The summed E-state index contributed by atoms with van der Waals surface area (Å²) in [6.07, 6.45) is 1.67. The summed E-state index contributed by atoms with van der Waals surface area (Å²) in [5, 5.41) is 11.9. The highest BCUT2D eigenvalue weighted by atomic mass is 32.1. The van der Waals surface area contributed by atoms with Crippen molar-refractivity contribution < 1.29 is 4.79 Å². The van der Waals surface area contributed by atoms with Crippen molar-refractivity contribution in [3.63, 3.8) is 0 Å². The Morgan fingerprint density at radius 3 is 2.61 bits per heavy atom. The van der Waals surface area contributed by atoms with Gasteiger partial charge in [0.2, 0.25) is 5.91 Å². The quantitative estimate of drug-likeness (QED) is 0.513. The molecule has 0 saturated carbocycles. The van der Waals surface area contributed by atoms with Gasteiger partial charge in [0.1, 0.15) is 11.9 Å². The first-order chi connectivity index (χ1) is 13.7. The number of thiazole rings is 1. The van der Waals surface area contributed by atoms with Gasteiger partial charge in [-0.05, 0) is 30.3 Å². The number of hydrogen-bond donors (Lipinski definition) is 1. The first kappa shape index (κ1) is 17.6. The van der Waals surface area contributed by atoms with E-state index in [0.717, 1.165) is 16.7 Å². The highest BCUT2D eigenvalue weighted by Crippen LogP contribution is 2.30. The fourth-order valence-electron chi connectivity index (χ4n) is 2.83. The molecule has 0 aliphatic heterocycles. The van der Waals surface area contributed by atoms with E-state index < -0.39 is 0 Å². The van der Waals surface area contributed by atoms with Crippen molar-refractivity contribution in [3.8, 4) is 6.07 Å². The zero-order valence-corrected chi connectivity index (χ0v) is 15.8. The number of aromatic amines is 1. The molecule has 2 heterocycles. The van der Waals surface area contributed by atoms with E-state index in [2.05, 4.69) is 21.0 Å². The fraction of sp³-hybridized carbons (Fsp3) is 0.0476. The normalized spacial score (nSPS) is 11.4. The zero-order chi connectivity index (χ0) is 19.5. The predicted octanol–water partition coefficient (Wildman–Crippen LogP) is 4.77. The number of carbonyl (C=O) groups is 1. The first-order valence-corrected chi connectivity index (χ1v) is 9.42. The summed E-state index contributed by atoms with van der Waals surface area (Å²) in [5.41, 5.74) is 3.38. The van der Waals surface area contributed by atoms with Crippen LogP contribution in [0.25, 0.3) is 22.7 Å². The molecule has 0 radical (unpaired) electrons. The van der Waals surface area contributed by atoms with Crippen LogP contribution in [0.15, 0.2) is 60.0 Å². The molecule has 2 aromatic carbocycles. The summed E-state index contributed by atoms with van der Waals surface area (Å²) in [4.78, 5) is 25.9. The molecule has 1 N–H and O–H groups in total. The third-order valence-electron chi connectivity index (χ3n) is 4.09. The van der Waals surface area contributed by atoms with Crippen molar-refractivity contribution >= 4 is 50.7 Å². The summed E-state index contributed by atoms with van der Waals surface area (Å²) < 4.78 is 0. The van der Waals surface area contributed by atoms with Gasteiger partial charge in [-0.3, -0.25) is 9.69 Å². The molecule has 0 atom stereocenters. The average Bonchev–Trinajstić information content (AvgIpc) is 3.33. The maximum absolute atomic E-state index is 12.2. The van der Waals surface area contributed by atoms with Crippen LogP contribution in [-0.2, 0) is 4.79 Å². The van der Waals surface area contributed by atoms with E-state index in [0.29, 0.717) is 22.2 Å². The van der Waals surface area contributed by atoms with Crippen molar-refractivity contribution in [2.24, 2.45) is 0 Å². The number of nitriles is 1. The fourth-order valence-corrected chi connectivity index (χ4v) is 3.68. The Bertz CT molecular complexity index is 1180. The minimum absolute atomic E-state index is 0.131.